The number of imidazole rings is 1. The van der Waals surface area contributed by atoms with E-state index in [1.807, 2.05) is 36.7 Å². The fourth-order valence-electron chi connectivity index (χ4n) is 4.06. The minimum absolute atomic E-state index is 0. The maximum absolute atomic E-state index is 12.2. The topological polar surface area (TPSA) is 111 Å². The van der Waals surface area contributed by atoms with Crippen molar-refractivity contribution in [3.63, 3.8) is 0 Å². The summed E-state index contributed by atoms with van der Waals surface area (Å²) in [4.78, 5) is 30.5. The zero-order valence-electron chi connectivity index (χ0n) is 18.8. The normalized spacial score (nSPS) is 15.0. The molecule has 3 aromatic rings. The molecule has 0 spiro atoms. The van der Waals surface area contributed by atoms with Crippen LogP contribution in [0.15, 0.2) is 30.9 Å². The minimum atomic E-state index is -0.613. The summed E-state index contributed by atoms with van der Waals surface area (Å²) in [5.41, 5.74) is 8.84. The number of aryl methyl sites for hydroxylation is 2. The molecule has 33 heavy (non-hydrogen) atoms. The quantitative estimate of drug-likeness (QED) is 0.450. The number of fused-ring (bicyclic) bond motifs is 1. The van der Waals surface area contributed by atoms with Gasteiger partial charge in [-0.25, -0.2) is 9.67 Å². The van der Waals surface area contributed by atoms with E-state index in [1.54, 1.807) is 16.6 Å². The number of hydrogen-bond acceptors (Lipinski definition) is 5. The summed E-state index contributed by atoms with van der Waals surface area (Å²) in [7, 11) is 3.67. The zero-order valence-corrected chi connectivity index (χ0v) is 19.8. The first-order valence-corrected chi connectivity index (χ1v) is 10.3. The second-order valence-electron chi connectivity index (χ2n) is 7.73. The van der Waals surface area contributed by atoms with E-state index in [-0.39, 0.29) is 31.0 Å². The van der Waals surface area contributed by atoms with Crippen LogP contribution in [-0.4, -0.2) is 56.2 Å². The number of primary amides is 1. The number of hydrogen-bond donors (Lipinski definition) is 2. The number of anilines is 1. The number of rotatable bonds is 4. The van der Waals surface area contributed by atoms with Crippen LogP contribution in [0.4, 0.5) is 5.82 Å². The first-order chi connectivity index (χ1) is 15.3. The highest BCUT2D eigenvalue weighted by Crippen LogP contribution is 2.29. The molecule has 1 fully saturated rings. The van der Waals surface area contributed by atoms with Crippen molar-refractivity contribution >= 4 is 42.2 Å². The van der Waals surface area contributed by atoms with E-state index in [0.717, 1.165) is 22.4 Å². The highest BCUT2D eigenvalue weighted by atomic mass is 32.1. The van der Waals surface area contributed by atoms with E-state index in [9.17, 15) is 9.59 Å². The van der Waals surface area contributed by atoms with Crippen molar-refractivity contribution in [2.45, 2.75) is 19.4 Å². The standard InChI is InChI=1S/C23H25N7O2.H2S/c1-5-20(31)29-11-10-16(13-29)30-23(25-3)21(22(24)32)17(27-30)8-6-15-7-9-19-18(12-15)26-14(2)28(19)4;/h5,7,9,12,16,25H,1,10-11,13H2,2-4H3,(H2,24,32);1H2/t16-;/m0./s1. The van der Waals surface area contributed by atoms with Crippen LogP contribution in [0.25, 0.3) is 11.0 Å². The monoisotopic (exact) mass is 465 g/mol. The second-order valence-corrected chi connectivity index (χ2v) is 7.73. The number of benzene rings is 1. The third kappa shape index (κ3) is 4.32. The molecule has 1 saturated heterocycles. The Morgan fingerprint density at radius 3 is 2.76 bits per heavy atom. The molecule has 0 bridgehead atoms. The van der Waals surface area contributed by atoms with Crippen LogP contribution in [0.3, 0.4) is 0 Å². The van der Waals surface area contributed by atoms with Crippen molar-refractivity contribution in [3.8, 4) is 11.8 Å². The summed E-state index contributed by atoms with van der Waals surface area (Å²) in [6, 6.07) is 5.69. The SMILES string of the molecule is C=CC(=O)N1CC[C@H](n2nc(C#Cc3ccc4c(c3)nc(C)n4C)c(C(N)=O)c2NC)C1.S. The van der Waals surface area contributed by atoms with E-state index >= 15 is 0 Å². The lowest BCUT2D eigenvalue weighted by Crippen LogP contribution is -2.27. The maximum Gasteiger partial charge on any atom is 0.255 e. The summed E-state index contributed by atoms with van der Waals surface area (Å²) in [6.07, 6.45) is 2.01. The molecule has 0 radical (unpaired) electrons. The van der Waals surface area contributed by atoms with Crippen LogP contribution >= 0.6 is 13.5 Å². The number of nitrogens with one attached hydrogen (secondary N) is 1. The lowest BCUT2D eigenvalue weighted by Gasteiger charge is -2.16. The number of aromatic nitrogens is 4. The molecule has 0 unspecified atom stereocenters. The smallest absolute Gasteiger partial charge is 0.255 e. The van der Waals surface area contributed by atoms with Crippen molar-refractivity contribution in [2.75, 3.05) is 25.5 Å². The Morgan fingerprint density at radius 2 is 2.09 bits per heavy atom. The van der Waals surface area contributed by atoms with Crippen LogP contribution < -0.4 is 11.1 Å². The molecule has 0 saturated carbocycles. The van der Waals surface area contributed by atoms with Gasteiger partial charge in [0.1, 0.15) is 17.2 Å². The van der Waals surface area contributed by atoms with E-state index < -0.39 is 5.91 Å². The lowest BCUT2D eigenvalue weighted by molar-refractivity contribution is -0.125. The van der Waals surface area contributed by atoms with Crippen molar-refractivity contribution in [3.05, 3.63) is 53.5 Å². The molecule has 1 atom stereocenters. The van der Waals surface area contributed by atoms with Gasteiger partial charge in [-0.2, -0.15) is 18.6 Å². The Balaban J connectivity index is 0.00000306. The molecule has 1 aliphatic heterocycles. The van der Waals surface area contributed by atoms with Crippen molar-refractivity contribution in [2.24, 2.45) is 12.8 Å². The van der Waals surface area contributed by atoms with Crippen molar-refractivity contribution in [1.82, 2.24) is 24.2 Å². The number of nitrogens with zero attached hydrogens (tertiary/aromatic N) is 5. The van der Waals surface area contributed by atoms with Gasteiger partial charge in [0.25, 0.3) is 5.91 Å². The van der Waals surface area contributed by atoms with E-state index in [2.05, 4.69) is 33.8 Å². The summed E-state index contributed by atoms with van der Waals surface area (Å²) in [5, 5.41) is 7.62. The third-order valence-electron chi connectivity index (χ3n) is 5.82. The molecular weight excluding hydrogens is 438 g/mol. The lowest BCUT2D eigenvalue weighted by atomic mass is 10.1. The molecule has 2 amide bonds. The molecule has 1 aliphatic rings. The number of nitrogens with two attached hydrogens (primary N) is 1. The average Bonchev–Trinajstić information content (AvgIpc) is 3.47. The number of amides is 2. The molecular formula is C23H27N7O2S. The van der Waals surface area contributed by atoms with Crippen LogP contribution in [-0.2, 0) is 11.8 Å². The Labute approximate surface area is 199 Å². The molecule has 0 aliphatic carbocycles. The van der Waals surface area contributed by atoms with Gasteiger partial charge < -0.3 is 20.5 Å². The summed E-state index contributed by atoms with van der Waals surface area (Å²) in [5.74, 6) is 6.76. The van der Waals surface area contributed by atoms with Gasteiger partial charge >= 0.3 is 0 Å². The van der Waals surface area contributed by atoms with Gasteiger partial charge in [-0.05, 0) is 43.5 Å². The van der Waals surface area contributed by atoms with Crippen LogP contribution in [0, 0.1) is 18.8 Å². The Morgan fingerprint density at radius 1 is 1.33 bits per heavy atom. The second kappa shape index (κ2) is 9.42. The van der Waals surface area contributed by atoms with Gasteiger partial charge in [0.2, 0.25) is 5.91 Å². The molecule has 9 nitrogen and oxygen atoms in total. The first kappa shape index (κ1) is 23.9. The Kier molecular flexibility index (Phi) is 6.84. The molecule has 4 rings (SSSR count). The maximum atomic E-state index is 12.2. The molecule has 1 aromatic carbocycles. The van der Waals surface area contributed by atoms with E-state index in [0.29, 0.717) is 31.0 Å². The summed E-state index contributed by atoms with van der Waals surface area (Å²) >= 11 is 0. The fourth-order valence-corrected chi connectivity index (χ4v) is 4.06. The van der Waals surface area contributed by atoms with Gasteiger partial charge in [0.15, 0.2) is 5.69 Å². The molecule has 172 valence electrons. The van der Waals surface area contributed by atoms with E-state index in [4.69, 9.17) is 5.73 Å². The third-order valence-corrected chi connectivity index (χ3v) is 5.82. The van der Waals surface area contributed by atoms with Gasteiger partial charge in [-0.3, -0.25) is 9.59 Å². The Bertz CT molecular complexity index is 1310. The van der Waals surface area contributed by atoms with Gasteiger partial charge in [-0.15, -0.1) is 0 Å². The number of likely N-dealkylation sites (tertiary alicyclic amines) is 1. The van der Waals surface area contributed by atoms with Crippen LogP contribution in [0.1, 0.15) is 39.9 Å². The molecule has 3 N–H and O–H groups in total. The van der Waals surface area contributed by atoms with Gasteiger partial charge in [-0.1, -0.05) is 12.5 Å². The van der Waals surface area contributed by atoms with E-state index in [1.165, 1.54) is 6.08 Å². The molecule has 10 heteroatoms. The van der Waals surface area contributed by atoms with Gasteiger partial charge in [0, 0.05) is 32.7 Å². The molecule has 3 heterocycles. The van der Waals surface area contributed by atoms with Crippen molar-refractivity contribution < 1.29 is 9.59 Å². The summed E-state index contributed by atoms with van der Waals surface area (Å²) in [6.45, 7) is 6.56. The highest BCUT2D eigenvalue weighted by molar-refractivity contribution is 7.59. The minimum Gasteiger partial charge on any atom is -0.373 e. The van der Waals surface area contributed by atoms with Gasteiger partial charge in [0.05, 0.1) is 17.1 Å². The van der Waals surface area contributed by atoms with Crippen LogP contribution in [0.5, 0.6) is 0 Å². The summed E-state index contributed by atoms with van der Waals surface area (Å²) < 4.78 is 3.73. The fraction of sp³-hybridized carbons (Fsp3) is 0.304. The number of carbonyl (C=O) groups excluding carboxylic acids is 2. The van der Waals surface area contributed by atoms with Crippen molar-refractivity contribution in [1.29, 1.82) is 0 Å². The predicted octanol–water partition coefficient (Wildman–Crippen LogP) is 1.69. The average molecular weight is 466 g/mol. The zero-order chi connectivity index (χ0) is 23.0. The molecule has 2 aromatic heterocycles. The predicted molar refractivity (Wildman–Crippen MR) is 133 cm³/mol. The van der Waals surface area contributed by atoms with Crippen LogP contribution in [0.2, 0.25) is 0 Å². The highest BCUT2D eigenvalue weighted by Gasteiger charge is 2.31. The Hall–Kier alpha value is -3.71. The largest absolute Gasteiger partial charge is 0.373 e. The first-order valence-electron chi connectivity index (χ1n) is 10.3. The number of carbonyl (C=O) groups is 2.